The largest absolute Gasteiger partial charge is 0.389 e. The molecule has 1 N–H and O–H groups in total. The van der Waals surface area contributed by atoms with Crippen LogP contribution in [0.15, 0.2) is 0 Å². The molecule has 4 atom stereocenters. The minimum absolute atomic E-state index is 0.245. The summed E-state index contributed by atoms with van der Waals surface area (Å²) < 4.78 is 22.2. The Bertz CT molecular complexity index is 277. The van der Waals surface area contributed by atoms with Gasteiger partial charge in [-0.05, 0) is 27.7 Å². The molecule has 2 rings (SSSR count). The molecule has 2 aliphatic heterocycles. The van der Waals surface area contributed by atoms with Crippen molar-refractivity contribution >= 4 is 12.6 Å². The third kappa shape index (κ3) is 3.18. The van der Waals surface area contributed by atoms with Crippen molar-refractivity contribution in [3.8, 4) is 0 Å². The predicted molar refractivity (Wildman–Crippen MR) is 68.6 cm³/mol. The fourth-order valence-electron chi connectivity index (χ4n) is 2.21. The molecule has 2 aliphatic rings. The smallest absolute Gasteiger partial charge is 0.163 e. The Morgan fingerprint density at radius 2 is 1.44 bits per heavy atom. The lowest BCUT2D eigenvalue weighted by atomic mass is 10.1. The van der Waals surface area contributed by atoms with E-state index in [0.29, 0.717) is 13.2 Å². The molecule has 2 heterocycles. The average molecular weight is 278 g/mol. The third-order valence-electron chi connectivity index (χ3n) is 3.17. The van der Waals surface area contributed by atoms with E-state index in [1.807, 2.05) is 27.7 Å². The fraction of sp³-hybridized carbons (Fsp3) is 1.00. The van der Waals surface area contributed by atoms with Crippen LogP contribution in [-0.4, -0.2) is 53.5 Å². The summed E-state index contributed by atoms with van der Waals surface area (Å²) in [7, 11) is 0. The molecule has 0 saturated carbocycles. The van der Waals surface area contributed by atoms with Crippen molar-refractivity contribution in [3.63, 3.8) is 0 Å². The van der Waals surface area contributed by atoms with Crippen LogP contribution in [-0.2, 0) is 18.9 Å². The van der Waals surface area contributed by atoms with Crippen LogP contribution in [0, 0.1) is 0 Å². The lowest BCUT2D eigenvalue weighted by molar-refractivity contribution is -0.158. The molecule has 6 heteroatoms. The van der Waals surface area contributed by atoms with Crippen LogP contribution in [0.25, 0.3) is 0 Å². The summed E-state index contributed by atoms with van der Waals surface area (Å²) in [6.45, 7) is 8.13. The van der Waals surface area contributed by atoms with Gasteiger partial charge in [0.1, 0.15) is 6.10 Å². The zero-order chi connectivity index (χ0) is 13.6. The zero-order valence-corrected chi connectivity index (χ0v) is 12.1. The zero-order valence-electron chi connectivity index (χ0n) is 11.3. The van der Waals surface area contributed by atoms with Gasteiger partial charge in [-0.2, -0.15) is 12.6 Å². The highest BCUT2D eigenvalue weighted by Gasteiger charge is 2.44. The highest BCUT2D eigenvalue weighted by Crippen LogP contribution is 2.31. The van der Waals surface area contributed by atoms with Gasteiger partial charge in [0.2, 0.25) is 0 Å². The van der Waals surface area contributed by atoms with E-state index in [1.165, 1.54) is 0 Å². The van der Waals surface area contributed by atoms with E-state index in [1.54, 1.807) is 0 Å². The first-order valence-electron chi connectivity index (χ1n) is 6.20. The van der Waals surface area contributed by atoms with Gasteiger partial charge in [-0.15, -0.1) is 0 Å². The van der Waals surface area contributed by atoms with Crippen LogP contribution in [0.2, 0.25) is 0 Å². The minimum Gasteiger partial charge on any atom is -0.389 e. The summed E-state index contributed by atoms with van der Waals surface area (Å²) in [5, 5.41) is 9.90. The van der Waals surface area contributed by atoms with E-state index in [-0.39, 0.29) is 17.5 Å². The van der Waals surface area contributed by atoms with E-state index in [9.17, 15) is 5.11 Å². The number of ether oxygens (including phenoxy) is 4. The molecular formula is C12H22O5S. The average Bonchev–Trinajstić information content (AvgIpc) is 2.79. The van der Waals surface area contributed by atoms with Crippen LogP contribution in [0.5, 0.6) is 0 Å². The summed E-state index contributed by atoms with van der Waals surface area (Å²) in [6.07, 6.45) is -1.38. The molecule has 18 heavy (non-hydrogen) atoms. The summed E-state index contributed by atoms with van der Waals surface area (Å²) in [4.78, 5) is 0. The maximum atomic E-state index is 10.3. The van der Waals surface area contributed by atoms with Crippen LogP contribution >= 0.6 is 12.6 Å². The first kappa shape index (κ1) is 14.6. The highest BCUT2D eigenvalue weighted by atomic mass is 32.1. The maximum absolute atomic E-state index is 10.3. The number of aliphatic hydroxyl groups excluding tert-OH is 1. The molecule has 0 aromatic rings. The molecule has 2 fully saturated rings. The van der Waals surface area contributed by atoms with Crippen LogP contribution < -0.4 is 0 Å². The Hall–Kier alpha value is 0.150. The Morgan fingerprint density at radius 1 is 1.00 bits per heavy atom. The Kier molecular flexibility index (Phi) is 3.98. The minimum atomic E-state index is -0.752. The van der Waals surface area contributed by atoms with Crippen molar-refractivity contribution in [3.05, 3.63) is 0 Å². The Morgan fingerprint density at radius 3 is 1.83 bits per heavy atom. The monoisotopic (exact) mass is 278 g/mol. The number of hydrogen-bond donors (Lipinski definition) is 2. The molecule has 0 bridgehead atoms. The molecule has 0 amide bonds. The number of hydrogen-bond acceptors (Lipinski definition) is 6. The van der Waals surface area contributed by atoms with Crippen molar-refractivity contribution in [1.82, 2.24) is 0 Å². The molecule has 2 saturated heterocycles. The van der Waals surface area contributed by atoms with Gasteiger partial charge in [-0.25, -0.2) is 0 Å². The normalized spacial score (nSPS) is 37.7. The summed E-state index contributed by atoms with van der Waals surface area (Å²) in [6, 6.07) is 0. The lowest BCUT2D eigenvalue weighted by Gasteiger charge is -2.28. The number of thiol groups is 1. The van der Waals surface area contributed by atoms with Crippen molar-refractivity contribution in [2.24, 2.45) is 0 Å². The first-order valence-corrected chi connectivity index (χ1v) is 6.71. The van der Waals surface area contributed by atoms with Crippen molar-refractivity contribution in [1.29, 1.82) is 0 Å². The second-order valence-corrected chi connectivity index (χ2v) is 6.31. The van der Waals surface area contributed by atoms with Gasteiger partial charge in [0.15, 0.2) is 11.6 Å². The Balaban J connectivity index is 1.92. The molecule has 0 aliphatic carbocycles. The topological polar surface area (TPSA) is 57.2 Å². The molecule has 106 valence electrons. The number of rotatable bonds is 3. The summed E-state index contributed by atoms with van der Waals surface area (Å²) >= 11 is 4.44. The fourth-order valence-corrected chi connectivity index (χ4v) is 2.55. The van der Waals surface area contributed by atoms with E-state index < -0.39 is 17.7 Å². The lowest BCUT2D eigenvalue weighted by Crippen LogP contribution is -2.44. The van der Waals surface area contributed by atoms with Gasteiger partial charge in [0.05, 0.1) is 30.7 Å². The van der Waals surface area contributed by atoms with Gasteiger partial charge >= 0.3 is 0 Å². The standard InChI is InChI=1S/C12H22O5S/c1-11(2)14-5-7(16-11)9(13)10(18)8-6-15-12(3,4)17-8/h7-10,13,18H,5-6H2,1-4H3/t7-,8+,9-,10-/m1/s1. The van der Waals surface area contributed by atoms with Crippen molar-refractivity contribution in [2.75, 3.05) is 13.2 Å². The SMILES string of the molecule is CC1(C)OC[C@@H]([C@@H](S)[C@H](O)[C@H]2COC(C)(C)O2)O1. The quantitative estimate of drug-likeness (QED) is 0.753. The van der Waals surface area contributed by atoms with Crippen LogP contribution in [0.1, 0.15) is 27.7 Å². The summed E-state index contributed by atoms with van der Waals surface area (Å²) in [5.74, 6) is -1.26. The van der Waals surface area contributed by atoms with Gasteiger partial charge in [-0.1, -0.05) is 0 Å². The van der Waals surface area contributed by atoms with E-state index in [0.717, 1.165) is 0 Å². The molecule has 0 aromatic carbocycles. The van der Waals surface area contributed by atoms with Gasteiger partial charge in [0, 0.05) is 0 Å². The van der Waals surface area contributed by atoms with E-state index in [2.05, 4.69) is 12.6 Å². The maximum Gasteiger partial charge on any atom is 0.163 e. The first-order chi connectivity index (χ1) is 8.20. The second kappa shape index (κ2) is 4.92. The predicted octanol–water partition coefficient (Wildman–Crippen LogP) is 0.949. The molecule has 5 nitrogen and oxygen atoms in total. The molecular weight excluding hydrogens is 256 g/mol. The van der Waals surface area contributed by atoms with E-state index >= 15 is 0 Å². The van der Waals surface area contributed by atoms with Crippen molar-refractivity contribution < 1.29 is 24.1 Å². The van der Waals surface area contributed by atoms with Gasteiger partial charge in [-0.3, -0.25) is 0 Å². The summed E-state index contributed by atoms with van der Waals surface area (Å²) in [5.41, 5.74) is 0. The van der Waals surface area contributed by atoms with Crippen LogP contribution in [0.4, 0.5) is 0 Å². The second-order valence-electron chi connectivity index (χ2n) is 5.72. The van der Waals surface area contributed by atoms with Crippen molar-refractivity contribution in [2.45, 2.75) is 62.8 Å². The van der Waals surface area contributed by atoms with E-state index in [4.69, 9.17) is 18.9 Å². The molecule has 0 spiro atoms. The molecule has 0 unspecified atom stereocenters. The third-order valence-corrected chi connectivity index (χ3v) is 3.81. The van der Waals surface area contributed by atoms with Gasteiger partial charge in [0.25, 0.3) is 0 Å². The Labute approximate surface area is 113 Å². The molecule has 0 radical (unpaired) electrons. The molecule has 0 aromatic heterocycles. The highest BCUT2D eigenvalue weighted by molar-refractivity contribution is 7.81. The number of aliphatic hydroxyl groups is 1. The van der Waals surface area contributed by atoms with Gasteiger partial charge < -0.3 is 24.1 Å². The van der Waals surface area contributed by atoms with Crippen LogP contribution in [0.3, 0.4) is 0 Å².